The van der Waals surface area contributed by atoms with Gasteiger partial charge in [-0.15, -0.1) is 11.7 Å². The number of allylic oxidation sites excluding steroid dienone is 1. The van der Waals surface area contributed by atoms with Crippen molar-refractivity contribution < 1.29 is 4.39 Å². The van der Waals surface area contributed by atoms with Crippen LogP contribution in [0.25, 0.3) is 0 Å². The van der Waals surface area contributed by atoms with Gasteiger partial charge < -0.3 is 0 Å². The summed E-state index contributed by atoms with van der Waals surface area (Å²) in [7, 11) is 0. The molecule has 1 unspecified atom stereocenters. The van der Waals surface area contributed by atoms with Crippen molar-refractivity contribution in [3.63, 3.8) is 0 Å². The maximum atomic E-state index is 12.5. The van der Waals surface area contributed by atoms with E-state index in [2.05, 4.69) is 28.6 Å². The summed E-state index contributed by atoms with van der Waals surface area (Å²) in [4.78, 5) is 0. The Bertz CT molecular complexity index is 398. The molecule has 0 saturated carbocycles. The van der Waals surface area contributed by atoms with Crippen molar-refractivity contribution in [1.29, 1.82) is 0 Å². The molecule has 0 aliphatic carbocycles. The van der Waals surface area contributed by atoms with E-state index in [1.165, 1.54) is 0 Å². The predicted molar refractivity (Wildman–Crippen MR) is 67.2 cm³/mol. The van der Waals surface area contributed by atoms with Gasteiger partial charge in [0, 0.05) is 12.8 Å². The Morgan fingerprint density at radius 1 is 1.47 bits per heavy atom. The quantitative estimate of drug-likeness (QED) is 0.443. The fourth-order valence-corrected chi connectivity index (χ4v) is 1.31. The number of alkyl halides is 1. The van der Waals surface area contributed by atoms with Crippen molar-refractivity contribution in [2.75, 3.05) is 0 Å². The molecule has 0 N–H and O–H groups in total. The summed E-state index contributed by atoms with van der Waals surface area (Å²) in [5.41, 5.74) is 1.54. The molecular weight excluding hydrogens is 215 g/mol. The number of halogens is 1. The molecular formula is C14H17FN2. The SMILES string of the molecule is C=CCc1ccc(C#CCCCC(C)F)nn1. The second-order valence-corrected chi connectivity index (χ2v) is 3.88. The zero-order chi connectivity index (χ0) is 12.5. The minimum Gasteiger partial charge on any atom is -0.248 e. The van der Waals surface area contributed by atoms with Crippen molar-refractivity contribution in [3.8, 4) is 11.8 Å². The molecule has 0 amide bonds. The number of aromatic nitrogens is 2. The van der Waals surface area contributed by atoms with E-state index < -0.39 is 6.17 Å². The van der Waals surface area contributed by atoms with Crippen molar-refractivity contribution in [3.05, 3.63) is 36.2 Å². The molecule has 1 rings (SSSR count). The van der Waals surface area contributed by atoms with E-state index in [4.69, 9.17) is 0 Å². The highest BCUT2D eigenvalue weighted by molar-refractivity contribution is 5.26. The Hall–Kier alpha value is -1.69. The van der Waals surface area contributed by atoms with Crippen molar-refractivity contribution in [1.82, 2.24) is 10.2 Å². The molecule has 0 saturated heterocycles. The molecule has 1 aromatic heterocycles. The largest absolute Gasteiger partial charge is 0.248 e. The predicted octanol–water partition coefficient (Wildman–Crippen LogP) is 3.08. The molecule has 90 valence electrons. The number of unbranched alkanes of at least 4 members (excludes halogenated alkanes) is 1. The fraction of sp³-hybridized carbons (Fsp3) is 0.429. The maximum absolute atomic E-state index is 12.5. The van der Waals surface area contributed by atoms with E-state index in [-0.39, 0.29) is 0 Å². The van der Waals surface area contributed by atoms with Gasteiger partial charge >= 0.3 is 0 Å². The number of hydrogen-bond acceptors (Lipinski definition) is 2. The minimum absolute atomic E-state index is 0.568. The molecule has 0 radical (unpaired) electrons. The van der Waals surface area contributed by atoms with Gasteiger partial charge in [-0.2, -0.15) is 5.10 Å². The van der Waals surface area contributed by atoms with E-state index in [0.29, 0.717) is 18.5 Å². The van der Waals surface area contributed by atoms with Crippen LogP contribution in [0.4, 0.5) is 4.39 Å². The molecule has 3 heteroatoms. The average Bonchev–Trinajstić information content (AvgIpc) is 2.31. The molecule has 1 heterocycles. The molecule has 0 bridgehead atoms. The zero-order valence-corrected chi connectivity index (χ0v) is 10.1. The Labute approximate surface area is 102 Å². The Balaban J connectivity index is 2.40. The Kier molecular flexibility index (Phi) is 5.95. The number of nitrogens with zero attached hydrogens (tertiary/aromatic N) is 2. The highest BCUT2D eigenvalue weighted by Gasteiger charge is 1.95. The van der Waals surface area contributed by atoms with Gasteiger partial charge in [0.1, 0.15) is 5.69 Å². The zero-order valence-electron chi connectivity index (χ0n) is 10.1. The van der Waals surface area contributed by atoms with Crippen LogP contribution >= 0.6 is 0 Å². The lowest BCUT2D eigenvalue weighted by Gasteiger charge is -1.96. The molecule has 0 aliphatic heterocycles. The minimum atomic E-state index is -0.741. The lowest BCUT2D eigenvalue weighted by atomic mass is 10.2. The Morgan fingerprint density at radius 2 is 2.29 bits per heavy atom. The fourth-order valence-electron chi connectivity index (χ4n) is 1.31. The first-order chi connectivity index (χ1) is 8.22. The van der Waals surface area contributed by atoms with E-state index in [0.717, 1.165) is 18.5 Å². The summed E-state index contributed by atoms with van der Waals surface area (Å²) < 4.78 is 12.5. The third-order valence-corrected chi connectivity index (χ3v) is 2.19. The van der Waals surface area contributed by atoms with Gasteiger partial charge in [0.2, 0.25) is 0 Å². The van der Waals surface area contributed by atoms with E-state index >= 15 is 0 Å². The first-order valence-electron chi connectivity index (χ1n) is 5.79. The van der Waals surface area contributed by atoms with Crippen LogP contribution in [0.5, 0.6) is 0 Å². The summed E-state index contributed by atoms with van der Waals surface area (Å²) in [6.07, 6.45) is 3.81. The molecule has 0 spiro atoms. The molecule has 0 fully saturated rings. The highest BCUT2D eigenvalue weighted by Crippen LogP contribution is 2.02. The van der Waals surface area contributed by atoms with Crippen LogP contribution in [0.1, 0.15) is 37.6 Å². The summed E-state index contributed by atoms with van der Waals surface area (Å²) in [5, 5.41) is 8.00. The molecule has 1 aromatic rings. The maximum Gasteiger partial charge on any atom is 0.135 e. The van der Waals surface area contributed by atoms with Gasteiger partial charge in [-0.3, -0.25) is 0 Å². The van der Waals surface area contributed by atoms with Gasteiger partial charge in [0.05, 0.1) is 11.9 Å². The summed E-state index contributed by atoms with van der Waals surface area (Å²) >= 11 is 0. The van der Waals surface area contributed by atoms with E-state index in [1.54, 1.807) is 13.0 Å². The topological polar surface area (TPSA) is 25.8 Å². The van der Waals surface area contributed by atoms with Gasteiger partial charge in [-0.05, 0) is 37.8 Å². The molecule has 0 aromatic carbocycles. The number of hydrogen-bond donors (Lipinski definition) is 0. The molecule has 1 atom stereocenters. The van der Waals surface area contributed by atoms with E-state index in [9.17, 15) is 4.39 Å². The van der Waals surface area contributed by atoms with Gasteiger partial charge in [0.15, 0.2) is 0 Å². The van der Waals surface area contributed by atoms with Crippen LogP contribution in [0.3, 0.4) is 0 Å². The normalized spacial score (nSPS) is 11.4. The van der Waals surface area contributed by atoms with E-state index in [1.807, 2.05) is 12.1 Å². The van der Waals surface area contributed by atoms with Crippen molar-refractivity contribution in [2.45, 2.75) is 38.8 Å². The standard InChI is InChI=1S/C14H17FN2/c1-3-7-13-10-11-14(17-16-13)9-6-4-5-8-12(2)15/h3,10-12H,1,4-5,7-8H2,2H3. The van der Waals surface area contributed by atoms with Gasteiger partial charge in [-0.25, -0.2) is 4.39 Å². The van der Waals surface area contributed by atoms with Crippen LogP contribution in [0, 0.1) is 11.8 Å². The lowest BCUT2D eigenvalue weighted by molar-refractivity contribution is 0.336. The summed E-state index contributed by atoms with van der Waals surface area (Å²) in [5.74, 6) is 5.88. The molecule has 2 nitrogen and oxygen atoms in total. The summed E-state index contributed by atoms with van der Waals surface area (Å²) in [6.45, 7) is 5.20. The van der Waals surface area contributed by atoms with Gasteiger partial charge in [-0.1, -0.05) is 12.0 Å². The third kappa shape index (κ3) is 5.82. The van der Waals surface area contributed by atoms with Crippen LogP contribution in [0.2, 0.25) is 0 Å². The first-order valence-corrected chi connectivity index (χ1v) is 5.79. The Morgan fingerprint density at radius 3 is 2.88 bits per heavy atom. The van der Waals surface area contributed by atoms with Crippen LogP contribution in [-0.4, -0.2) is 16.4 Å². The second kappa shape index (κ2) is 7.56. The highest BCUT2D eigenvalue weighted by atomic mass is 19.1. The monoisotopic (exact) mass is 232 g/mol. The van der Waals surface area contributed by atoms with Crippen LogP contribution in [0.15, 0.2) is 24.8 Å². The van der Waals surface area contributed by atoms with Crippen molar-refractivity contribution in [2.24, 2.45) is 0 Å². The third-order valence-electron chi connectivity index (χ3n) is 2.19. The van der Waals surface area contributed by atoms with Crippen molar-refractivity contribution >= 4 is 0 Å². The van der Waals surface area contributed by atoms with Crippen LogP contribution in [-0.2, 0) is 6.42 Å². The molecule has 17 heavy (non-hydrogen) atoms. The number of rotatable bonds is 5. The summed E-state index contributed by atoms with van der Waals surface area (Å²) in [6, 6.07) is 3.74. The molecule has 0 aliphatic rings. The average molecular weight is 232 g/mol. The second-order valence-electron chi connectivity index (χ2n) is 3.88. The van der Waals surface area contributed by atoms with Gasteiger partial charge in [0.25, 0.3) is 0 Å². The lowest BCUT2D eigenvalue weighted by Crippen LogP contribution is -1.93. The first kappa shape index (κ1) is 13.4. The smallest absolute Gasteiger partial charge is 0.135 e. The van der Waals surface area contributed by atoms with Crippen LogP contribution < -0.4 is 0 Å².